The third-order valence-corrected chi connectivity index (χ3v) is 4.30. The Bertz CT molecular complexity index is 477. The summed E-state index contributed by atoms with van der Waals surface area (Å²) in [4.78, 5) is 0. The van der Waals surface area contributed by atoms with E-state index in [-0.39, 0.29) is 0 Å². The Kier molecular flexibility index (Phi) is 19.0. The SMILES string of the molecule is Nc1ccc(OCCOCCOCCOCCOCCOCCCCCCCl)cc1. The van der Waals surface area contributed by atoms with Crippen LogP contribution < -0.4 is 10.5 Å². The normalized spacial score (nSPS) is 11.1. The Morgan fingerprint density at radius 1 is 0.533 bits per heavy atom. The van der Waals surface area contributed by atoms with Gasteiger partial charge in [0.25, 0.3) is 0 Å². The maximum atomic E-state index is 5.63. The minimum absolute atomic E-state index is 0.493. The number of rotatable bonds is 22. The van der Waals surface area contributed by atoms with Gasteiger partial charge in [-0.25, -0.2) is 0 Å². The number of anilines is 1. The summed E-state index contributed by atoms with van der Waals surface area (Å²) in [5, 5.41) is 0. The minimum atomic E-state index is 0.493. The van der Waals surface area contributed by atoms with Crippen LogP contribution in [0.5, 0.6) is 5.75 Å². The molecule has 0 aliphatic rings. The molecule has 0 radical (unpaired) electrons. The Hall–Kier alpha value is -1.09. The number of alkyl halides is 1. The van der Waals surface area contributed by atoms with Gasteiger partial charge in [0.2, 0.25) is 0 Å². The molecule has 0 spiro atoms. The maximum absolute atomic E-state index is 5.63. The molecular weight excluding hydrogens is 410 g/mol. The van der Waals surface area contributed by atoms with E-state index in [1.807, 2.05) is 12.1 Å². The van der Waals surface area contributed by atoms with E-state index in [9.17, 15) is 0 Å². The quantitative estimate of drug-likeness (QED) is 0.165. The Morgan fingerprint density at radius 2 is 0.967 bits per heavy atom. The van der Waals surface area contributed by atoms with Crippen molar-refractivity contribution < 1.29 is 28.4 Å². The van der Waals surface area contributed by atoms with Crippen LogP contribution in [0.4, 0.5) is 5.69 Å². The van der Waals surface area contributed by atoms with E-state index >= 15 is 0 Å². The van der Waals surface area contributed by atoms with Crippen LogP contribution in [0.3, 0.4) is 0 Å². The molecule has 7 nitrogen and oxygen atoms in total. The number of nitrogen functional groups attached to an aromatic ring is 1. The Balaban J connectivity index is 1.68. The fourth-order valence-electron chi connectivity index (χ4n) is 2.42. The molecule has 0 aliphatic carbocycles. The fraction of sp³-hybridized carbons (Fsp3) is 0.727. The predicted molar refractivity (Wildman–Crippen MR) is 120 cm³/mol. The molecule has 174 valence electrons. The average molecular weight is 448 g/mol. The highest BCUT2D eigenvalue weighted by Crippen LogP contribution is 2.12. The van der Waals surface area contributed by atoms with Crippen LogP contribution in [0.2, 0.25) is 0 Å². The molecule has 0 amide bonds. The number of ether oxygens (including phenoxy) is 6. The van der Waals surface area contributed by atoms with Gasteiger partial charge in [0, 0.05) is 18.2 Å². The monoisotopic (exact) mass is 447 g/mol. The molecule has 1 rings (SSSR count). The van der Waals surface area contributed by atoms with Crippen LogP contribution in [0.1, 0.15) is 25.7 Å². The first kappa shape index (κ1) is 26.9. The van der Waals surface area contributed by atoms with Crippen LogP contribution in [-0.4, -0.2) is 78.6 Å². The number of benzene rings is 1. The van der Waals surface area contributed by atoms with Crippen molar-refractivity contribution in [1.82, 2.24) is 0 Å². The van der Waals surface area contributed by atoms with Crippen molar-refractivity contribution in [3.05, 3.63) is 24.3 Å². The summed E-state index contributed by atoms with van der Waals surface area (Å²) >= 11 is 5.63. The lowest BCUT2D eigenvalue weighted by Gasteiger charge is -2.09. The van der Waals surface area contributed by atoms with Gasteiger partial charge in [-0.3, -0.25) is 0 Å². The van der Waals surface area contributed by atoms with Gasteiger partial charge in [-0.15, -0.1) is 11.6 Å². The number of hydrogen-bond donors (Lipinski definition) is 1. The molecular formula is C22H38ClNO6. The molecule has 0 atom stereocenters. The first-order valence-electron chi connectivity index (χ1n) is 10.8. The molecule has 30 heavy (non-hydrogen) atoms. The molecule has 0 saturated carbocycles. The van der Waals surface area contributed by atoms with Crippen LogP contribution in [-0.2, 0) is 23.7 Å². The summed E-state index contributed by atoms with van der Waals surface area (Å²) in [6.07, 6.45) is 4.53. The lowest BCUT2D eigenvalue weighted by molar-refractivity contribution is -0.0128. The van der Waals surface area contributed by atoms with E-state index in [0.29, 0.717) is 66.1 Å². The van der Waals surface area contributed by atoms with Crippen LogP contribution >= 0.6 is 11.6 Å². The molecule has 2 N–H and O–H groups in total. The van der Waals surface area contributed by atoms with Crippen molar-refractivity contribution in [3.63, 3.8) is 0 Å². The van der Waals surface area contributed by atoms with Crippen molar-refractivity contribution in [2.45, 2.75) is 25.7 Å². The van der Waals surface area contributed by atoms with Crippen molar-refractivity contribution in [2.75, 3.05) is 84.3 Å². The van der Waals surface area contributed by atoms with E-state index < -0.39 is 0 Å². The smallest absolute Gasteiger partial charge is 0.119 e. The lowest BCUT2D eigenvalue weighted by atomic mass is 10.2. The minimum Gasteiger partial charge on any atom is -0.491 e. The lowest BCUT2D eigenvalue weighted by Crippen LogP contribution is -2.14. The first-order chi connectivity index (χ1) is 14.8. The molecule has 1 aromatic carbocycles. The van der Waals surface area contributed by atoms with Gasteiger partial charge >= 0.3 is 0 Å². The molecule has 0 bridgehead atoms. The maximum Gasteiger partial charge on any atom is 0.119 e. The van der Waals surface area contributed by atoms with Gasteiger partial charge in [0.1, 0.15) is 12.4 Å². The second-order valence-electron chi connectivity index (χ2n) is 6.58. The highest BCUT2D eigenvalue weighted by atomic mass is 35.5. The second-order valence-corrected chi connectivity index (χ2v) is 6.96. The van der Waals surface area contributed by atoms with Gasteiger partial charge < -0.3 is 34.2 Å². The van der Waals surface area contributed by atoms with Crippen molar-refractivity contribution in [1.29, 1.82) is 0 Å². The summed E-state index contributed by atoms with van der Waals surface area (Å²) in [5.41, 5.74) is 6.34. The van der Waals surface area contributed by atoms with E-state index in [4.69, 9.17) is 45.8 Å². The second kappa shape index (κ2) is 21.2. The summed E-state index contributed by atoms with van der Waals surface area (Å²) in [5.74, 6) is 1.53. The number of unbranched alkanes of at least 4 members (excludes halogenated alkanes) is 3. The highest BCUT2D eigenvalue weighted by Gasteiger charge is 1.96. The van der Waals surface area contributed by atoms with Gasteiger partial charge in [0.15, 0.2) is 0 Å². The van der Waals surface area contributed by atoms with Crippen molar-refractivity contribution in [2.24, 2.45) is 0 Å². The van der Waals surface area contributed by atoms with E-state index in [0.717, 1.165) is 36.8 Å². The topological polar surface area (TPSA) is 81.4 Å². The van der Waals surface area contributed by atoms with Gasteiger partial charge in [0.05, 0.1) is 59.5 Å². The zero-order valence-corrected chi connectivity index (χ0v) is 18.8. The summed E-state index contributed by atoms with van der Waals surface area (Å²) in [6, 6.07) is 7.29. The molecule has 0 aromatic heterocycles. The summed E-state index contributed by atoms with van der Waals surface area (Å²) < 4.78 is 32.8. The Morgan fingerprint density at radius 3 is 1.47 bits per heavy atom. The molecule has 8 heteroatoms. The standard InChI is InChI=1S/C22H38ClNO6/c23-9-3-1-2-4-10-25-11-12-26-13-14-27-15-16-28-17-18-29-19-20-30-22-7-5-21(24)6-8-22/h5-8H,1-4,9-20,24H2. The molecule has 0 unspecified atom stereocenters. The average Bonchev–Trinajstić information content (AvgIpc) is 2.76. The molecule has 1 aromatic rings. The van der Waals surface area contributed by atoms with Crippen molar-refractivity contribution >= 4 is 17.3 Å². The van der Waals surface area contributed by atoms with Crippen LogP contribution in [0.25, 0.3) is 0 Å². The first-order valence-corrected chi connectivity index (χ1v) is 11.3. The highest BCUT2D eigenvalue weighted by molar-refractivity contribution is 6.17. The summed E-state index contributed by atoms with van der Waals surface area (Å²) in [6.45, 7) is 6.29. The summed E-state index contributed by atoms with van der Waals surface area (Å²) in [7, 11) is 0. The molecule has 0 heterocycles. The number of halogens is 1. The van der Waals surface area contributed by atoms with Crippen LogP contribution in [0, 0.1) is 0 Å². The molecule has 0 saturated heterocycles. The zero-order valence-electron chi connectivity index (χ0n) is 18.0. The third-order valence-electron chi connectivity index (χ3n) is 4.04. The number of nitrogens with two attached hydrogens (primary N) is 1. The van der Waals surface area contributed by atoms with Crippen molar-refractivity contribution in [3.8, 4) is 5.75 Å². The number of hydrogen-bond acceptors (Lipinski definition) is 7. The predicted octanol–water partition coefficient (Wildman–Crippen LogP) is 3.53. The van der Waals surface area contributed by atoms with E-state index in [2.05, 4.69) is 0 Å². The zero-order chi connectivity index (χ0) is 21.5. The molecule has 0 fully saturated rings. The largest absolute Gasteiger partial charge is 0.491 e. The van der Waals surface area contributed by atoms with Crippen LogP contribution in [0.15, 0.2) is 24.3 Å². The molecule has 0 aliphatic heterocycles. The van der Waals surface area contributed by atoms with Gasteiger partial charge in [-0.05, 0) is 37.1 Å². The third kappa shape index (κ3) is 17.7. The van der Waals surface area contributed by atoms with E-state index in [1.165, 1.54) is 12.8 Å². The van der Waals surface area contributed by atoms with Gasteiger partial charge in [-0.2, -0.15) is 0 Å². The van der Waals surface area contributed by atoms with E-state index in [1.54, 1.807) is 12.1 Å². The van der Waals surface area contributed by atoms with Gasteiger partial charge in [-0.1, -0.05) is 12.8 Å². The Labute approximate surface area is 186 Å². The fourth-order valence-corrected chi connectivity index (χ4v) is 2.61.